The van der Waals surface area contributed by atoms with Crippen LogP contribution in [0.2, 0.25) is 0 Å². The minimum Gasteiger partial charge on any atom is -0.497 e. The zero-order valence-electron chi connectivity index (χ0n) is 25.9. The highest BCUT2D eigenvalue weighted by molar-refractivity contribution is 7.92. The number of amides is 1. The van der Waals surface area contributed by atoms with Crippen molar-refractivity contribution in [3.8, 4) is 5.75 Å². The number of fused-ring (bicyclic) bond motifs is 1. The summed E-state index contributed by atoms with van der Waals surface area (Å²) in [6, 6.07) is 15.3. The monoisotopic (exact) mass is 609 g/mol. The number of hydrogen-bond donors (Lipinski definition) is 2. The van der Waals surface area contributed by atoms with Gasteiger partial charge in [-0.2, -0.15) is 5.10 Å². The first-order valence-corrected chi connectivity index (χ1v) is 16.5. The number of rotatable bonds is 8. The summed E-state index contributed by atoms with van der Waals surface area (Å²) in [6.45, 7) is 10.4. The van der Waals surface area contributed by atoms with Gasteiger partial charge in [-0.3, -0.25) is 4.31 Å². The van der Waals surface area contributed by atoms with Gasteiger partial charge in [0.2, 0.25) is 10.0 Å². The molecule has 0 bridgehead atoms. The van der Waals surface area contributed by atoms with Crippen LogP contribution in [0.4, 0.5) is 22.0 Å². The van der Waals surface area contributed by atoms with Gasteiger partial charge in [-0.1, -0.05) is 18.2 Å². The van der Waals surface area contributed by atoms with Crippen LogP contribution < -0.4 is 19.7 Å². The molecule has 0 saturated heterocycles. The zero-order chi connectivity index (χ0) is 30.9. The number of hydrogen-bond acceptors (Lipinski definition) is 7. The highest BCUT2D eigenvalue weighted by Gasteiger charge is 2.34. The van der Waals surface area contributed by atoms with E-state index in [2.05, 4.69) is 37.5 Å². The van der Waals surface area contributed by atoms with Gasteiger partial charge in [0.15, 0.2) is 0 Å². The maximum atomic E-state index is 13.3. The fraction of sp³-hybridized carbons (Fsp3) is 0.500. The Hall–Kier alpha value is -3.73. The summed E-state index contributed by atoms with van der Waals surface area (Å²) in [5.74, 6) is 1.78. The fourth-order valence-electron chi connectivity index (χ4n) is 5.83. The van der Waals surface area contributed by atoms with E-state index in [-0.39, 0.29) is 42.0 Å². The maximum absolute atomic E-state index is 13.3. The molecular formula is C32H43N5O5S. The third kappa shape index (κ3) is 6.92. The number of benzene rings is 2. The van der Waals surface area contributed by atoms with E-state index in [1.165, 1.54) is 4.31 Å². The first kappa shape index (κ1) is 30.7. The lowest BCUT2D eigenvalue weighted by Crippen LogP contribution is -2.37. The smallest absolute Gasteiger partial charge is 0.407 e. The van der Waals surface area contributed by atoms with E-state index in [0.29, 0.717) is 12.1 Å². The van der Waals surface area contributed by atoms with E-state index in [0.717, 1.165) is 53.3 Å². The van der Waals surface area contributed by atoms with Crippen LogP contribution >= 0.6 is 0 Å². The summed E-state index contributed by atoms with van der Waals surface area (Å²) in [5, 5.41) is 11.4. The first-order valence-electron chi connectivity index (χ1n) is 14.9. The molecule has 10 nitrogen and oxygen atoms in total. The minimum atomic E-state index is -3.48. The van der Waals surface area contributed by atoms with Gasteiger partial charge < -0.3 is 20.1 Å². The average Bonchev–Trinajstić information content (AvgIpc) is 3.57. The molecule has 0 radical (unpaired) electrons. The number of aromatic nitrogens is 2. The van der Waals surface area contributed by atoms with Gasteiger partial charge in [-0.05, 0) is 90.1 Å². The number of nitrogens with one attached hydrogen (secondary N) is 2. The normalized spacial score (nSPS) is 19.7. The molecule has 43 heavy (non-hydrogen) atoms. The molecule has 2 aromatic carbocycles. The first-order chi connectivity index (χ1) is 20.3. The number of anilines is 3. The van der Waals surface area contributed by atoms with E-state index >= 15 is 0 Å². The number of nitrogens with zero attached hydrogens (tertiary/aromatic N) is 3. The largest absolute Gasteiger partial charge is 0.497 e. The molecule has 232 valence electrons. The standard InChI is InChI=1S/C32H43N5O5S/c1-21(2)33-31(38)42-25-15-12-23(18-25)28-19-30(37(35-28)32(3,4)5)34-27-8-7-9-29-26(27)16-17-43(39,40)36(29)20-22-10-13-24(41-6)14-11-22/h7-11,13-14,19,21,23,25,34H,12,15-18,20H2,1-6H3,(H,33,38)/t23-,25+/m0/s1. The average molecular weight is 610 g/mol. The second-order valence-corrected chi connectivity index (χ2v) is 14.7. The van der Waals surface area contributed by atoms with E-state index in [1.54, 1.807) is 7.11 Å². The van der Waals surface area contributed by atoms with Gasteiger partial charge in [0, 0.05) is 29.3 Å². The van der Waals surface area contributed by atoms with Crippen LogP contribution in [0.5, 0.6) is 5.75 Å². The highest BCUT2D eigenvalue weighted by Crippen LogP contribution is 2.40. The molecule has 5 rings (SSSR count). The number of carbonyl (C=O) groups excluding carboxylic acids is 1. The van der Waals surface area contributed by atoms with Crippen LogP contribution in [0, 0.1) is 0 Å². The summed E-state index contributed by atoms with van der Waals surface area (Å²) < 4.78 is 40.9. The van der Waals surface area contributed by atoms with Crippen molar-refractivity contribution in [3.05, 3.63) is 65.4 Å². The number of methoxy groups -OCH3 is 1. The van der Waals surface area contributed by atoms with Crippen molar-refractivity contribution in [1.82, 2.24) is 15.1 Å². The lowest BCUT2D eigenvalue weighted by atomic mass is 10.0. The zero-order valence-corrected chi connectivity index (χ0v) is 26.7. The van der Waals surface area contributed by atoms with Gasteiger partial charge in [0.25, 0.3) is 0 Å². The van der Waals surface area contributed by atoms with Crippen molar-refractivity contribution >= 4 is 33.3 Å². The summed E-state index contributed by atoms with van der Waals surface area (Å²) in [5.41, 5.74) is 4.05. The molecule has 0 spiro atoms. The molecule has 1 aliphatic carbocycles. The minimum absolute atomic E-state index is 0.0270. The van der Waals surface area contributed by atoms with Gasteiger partial charge in [0.1, 0.15) is 17.7 Å². The topological polar surface area (TPSA) is 115 Å². The Morgan fingerprint density at radius 1 is 1.12 bits per heavy atom. The van der Waals surface area contributed by atoms with Crippen LogP contribution in [-0.4, -0.2) is 49.3 Å². The third-order valence-corrected chi connectivity index (χ3v) is 9.68. The number of alkyl carbamates (subject to hydrolysis) is 1. The summed E-state index contributed by atoms with van der Waals surface area (Å²) in [4.78, 5) is 12.1. The Morgan fingerprint density at radius 2 is 1.86 bits per heavy atom. The molecule has 2 aliphatic rings. The maximum Gasteiger partial charge on any atom is 0.407 e. The van der Waals surface area contributed by atoms with Crippen molar-refractivity contribution in [2.24, 2.45) is 0 Å². The molecule has 2 atom stereocenters. The lowest BCUT2D eigenvalue weighted by molar-refractivity contribution is 0.0981. The van der Waals surface area contributed by atoms with Crippen LogP contribution in [0.3, 0.4) is 0 Å². The van der Waals surface area contributed by atoms with Crippen LogP contribution in [0.1, 0.15) is 76.6 Å². The van der Waals surface area contributed by atoms with Gasteiger partial charge in [-0.15, -0.1) is 0 Å². The number of ether oxygens (including phenoxy) is 2. The molecule has 1 aromatic heterocycles. The molecular weight excluding hydrogens is 566 g/mol. The molecule has 1 fully saturated rings. The number of sulfonamides is 1. The van der Waals surface area contributed by atoms with Crippen molar-refractivity contribution in [3.63, 3.8) is 0 Å². The third-order valence-electron chi connectivity index (χ3n) is 7.96. The molecule has 1 saturated carbocycles. The predicted molar refractivity (Wildman–Crippen MR) is 169 cm³/mol. The summed E-state index contributed by atoms with van der Waals surface area (Å²) >= 11 is 0. The molecule has 11 heteroatoms. The SMILES string of the molecule is COc1ccc(CN2c3cccc(Nc4cc([C@H]5CC[C@@H](OC(=O)NC(C)C)C5)nn4C(C)(C)C)c3CCS2(=O)=O)cc1. The molecule has 1 amide bonds. The van der Waals surface area contributed by atoms with Crippen LogP contribution in [0.25, 0.3) is 0 Å². The fourth-order valence-corrected chi connectivity index (χ4v) is 7.33. The molecule has 0 unspecified atom stereocenters. The van der Waals surface area contributed by atoms with Gasteiger partial charge in [-0.25, -0.2) is 17.9 Å². The van der Waals surface area contributed by atoms with E-state index in [9.17, 15) is 13.2 Å². The van der Waals surface area contributed by atoms with Crippen LogP contribution in [0.15, 0.2) is 48.5 Å². The molecule has 1 aliphatic heterocycles. The predicted octanol–water partition coefficient (Wildman–Crippen LogP) is 6.05. The van der Waals surface area contributed by atoms with Crippen molar-refractivity contribution < 1.29 is 22.7 Å². The Labute approximate surface area is 254 Å². The molecule has 2 heterocycles. The van der Waals surface area contributed by atoms with Crippen LogP contribution in [-0.2, 0) is 33.3 Å². The lowest BCUT2D eigenvalue weighted by Gasteiger charge is -2.32. The second-order valence-electron chi connectivity index (χ2n) is 12.7. The Balaban J connectivity index is 1.40. The van der Waals surface area contributed by atoms with E-state index in [4.69, 9.17) is 14.6 Å². The highest BCUT2D eigenvalue weighted by atomic mass is 32.2. The van der Waals surface area contributed by atoms with Gasteiger partial charge >= 0.3 is 6.09 Å². The van der Waals surface area contributed by atoms with Crippen molar-refractivity contribution in [1.29, 1.82) is 0 Å². The van der Waals surface area contributed by atoms with E-state index < -0.39 is 10.0 Å². The molecule has 3 aromatic rings. The van der Waals surface area contributed by atoms with Crippen molar-refractivity contribution in [2.75, 3.05) is 22.5 Å². The quantitative estimate of drug-likeness (QED) is 0.319. The Morgan fingerprint density at radius 3 is 2.53 bits per heavy atom. The molecule has 2 N–H and O–H groups in total. The summed E-state index contributed by atoms with van der Waals surface area (Å²) in [6.07, 6.45) is 2.31. The van der Waals surface area contributed by atoms with Gasteiger partial charge in [0.05, 0.1) is 36.3 Å². The Kier molecular flexibility index (Phi) is 8.65. The van der Waals surface area contributed by atoms with E-state index in [1.807, 2.05) is 61.0 Å². The van der Waals surface area contributed by atoms with Crippen molar-refractivity contribution in [2.45, 2.75) is 90.4 Å². The second kappa shape index (κ2) is 12.1. The summed E-state index contributed by atoms with van der Waals surface area (Å²) in [7, 11) is -1.87. The Bertz CT molecular complexity index is 1560. The number of carbonyl (C=O) groups is 1.